The molecule has 0 radical (unpaired) electrons. The Balaban J connectivity index is 2.11. The second-order valence-corrected chi connectivity index (χ2v) is 6.16. The summed E-state index contributed by atoms with van der Waals surface area (Å²) in [4.78, 5) is 17.0. The van der Waals surface area contributed by atoms with Crippen LogP contribution in [0.25, 0.3) is 0 Å². The van der Waals surface area contributed by atoms with Gasteiger partial charge in [0, 0.05) is 16.7 Å². The molecule has 2 aromatic carbocycles. The van der Waals surface area contributed by atoms with E-state index in [0.29, 0.717) is 0 Å². The Kier molecular flexibility index (Phi) is 5.19. The Morgan fingerprint density at radius 1 is 1.24 bits per heavy atom. The molecule has 152 valence electrons. The number of halogens is 3. The maximum atomic E-state index is 12.8. The Labute approximate surface area is 163 Å². The van der Waals surface area contributed by atoms with Crippen molar-refractivity contribution in [1.82, 2.24) is 0 Å². The van der Waals surface area contributed by atoms with Crippen molar-refractivity contribution in [3.63, 3.8) is 0 Å². The molecular weight excluding hydrogens is 391 g/mol. The zero-order valence-corrected chi connectivity index (χ0v) is 15.1. The van der Waals surface area contributed by atoms with Crippen LogP contribution in [0.15, 0.2) is 58.7 Å². The number of carbonyl (C=O) groups is 1. The maximum Gasteiger partial charge on any atom is 0.416 e. The van der Waals surface area contributed by atoms with Crippen LogP contribution in [0.4, 0.5) is 13.2 Å². The fourth-order valence-corrected chi connectivity index (χ4v) is 3.00. The first-order valence-electron chi connectivity index (χ1n) is 8.29. The highest BCUT2D eigenvalue weighted by Gasteiger charge is 2.49. The summed E-state index contributed by atoms with van der Waals surface area (Å²) >= 11 is 0. The number of carbonyl (C=O) groups excluding carboxylic acids is 1. The lowest BCUT2D eigenvalue weighted by Crippen LogP contribution is -2.38. The fraction of sp³-hybridized carbons (Fsp3) is 0.211. The first kappa shape index (κ1) is 20.2. The number of hydrogen-bond donors (Lipinski definition) is 2. The number of benzene rings is 2. The molecule has 1 aliphatic heterocycles. The van der Waals surface area contributed by atoms with Crippen LogP contribution in [0.5, 0.6) is 0 Å². The molecular formula is C19H16F3N3O4. The molecule has 1 atom stereocenters. The van der Waals surface area contributed by atoms with E-state index in [1.54, 1.807) is 18.2 Å². The van der Waals surface area contributed by atoms with E-state index in [0.717, 1.165) is 12.1 Å². The van der Waals surface area contributed by atoms with E-state index in [1.807, 2.05) is 0 Å². The van der Waals surface area contributed by atoms with Crippen LogP contribution in [0.2, 0.25) is 0 Å². The average Bonchev–Trinajstić information content (AvgIpc) is 3.18. The summed E-state index contributed by atoms with van der Waals surface area (Å²) in [5, 5.41) is 12.0. The van der Waals surface area contributed by atoms with Crippen LogP contribution in [0, 0.1) is 0 Å². The van der Waals surface area contributed by atoms with E-state index >= 15 is 0 Å². The third kappa shape index (κ3) is 3.60. The second-order valence-electron chi connectivity index (χ2n) is 6.16. The van der Waals surface area contributed by atoms with Crippen LogP contribution in [-0.2, 0) is 26.0 Å². The van der Waals surface area contributed by atoms with Crippen molar-refractivity contribution < 1.29 is 32.6 Å². The zero-order chi connectivity index (χ0) is 21.2. The van der Waals surface area contributed by atoms with E-state index in [9.17, 15) is 18.0 Å². The number of hydrogen-bond acceptors (Lipinski definition) is 6. The van der Waals surface area contributed by atoms with Gasteiger partial charge < -0.3 is 20.4 Å². The second kappa shape index (κ2) is 7.46. The van der Waals surface area contributed by atoms with Gasteiger partial charge in [-0.05, 0) is 24.3 Å². The van der Waals surface area contributed by atoms with E-state index < -0.39 is 23.2 Å². The number of nitrogens with zero attached hydrogens (tertiary/aromatic N) is 2. The van der Waals surface area contributed by atoms with Gasteiger partial charge in [0.1, 0.15) is 6.61 Å². The summed E-state index contributed by atoms with van der Waals surface area (Å²) in [7, 11) is 1.17. The minimum Gasteiger partial charge on any atom is -0.474 e. The molecule has 10 heteroatoms. The number of amidine groups is 1. The van der Waals surface area contributed by atoms with E-state index in [-0.39, 0.29) is 35.0 Å². The standard InChI is InChI=1S/C19H16F3N3O4/c1-28-17(26)18(14-5-3-2-4-13(14)15(23)25-27)10-29-16(24-18)11-6-8-12(9-7-11)19(20,21)22/h2-9,27H,10H2,1H3,(H2,23,25). The number of methoxy groups -OCH3 is 1. The number of aliphatic imine (C=N–C) groups is 1. The summed E-state index contributed by atoms with van der Waals surface area (Å²) in [6.45, 7) is -0.272. The largest absolute Gasteiger partial charge is 0.474 e. The van der Waals surface area contributed by atoms with Crippen LogP contribution < -0.4 is 5.73 Å². The minimum absolute atomic E-state index is 0.0292. The van der Waals surface area contributed by atoms with Crippen molar-refractivity contribution in [2.75, 3.05) is 13.7 Å². The lowest BCUT2D eigenvalue weighted by Gasteiger charge is -2.23. The molecule has 0 aromatic heterocycles. The lowest BCUT2D eigenvalue weighted by atomic mass is 9.87. The molecule has 0 saturated carbocycles. The number of rotatable bonds is 4. The number of ether oxygens (including phenoxy) is 2. The van der Waals surface area contributed by atoms with Gasteiger partial charge in [0.25, 0.3) is 0 Å². The Morgan fingerprint density at radius 2 is 1.90 bits per heavy atom. The first-order chi connectivity index (χ1) is 13.7. The van der Waals surface area contributed by atoms with Crippen LogP contribution in [0.1, 0.15) is 22.3 Å². The van der Waals surface area contributed by atoms with Gasteiger partial charge in [-0.15, -0.1) is 0 Å². The number of nitrogens with two attached hydrogens (primary N) is 1. The third-order valence-electron chi connectivity index (χ3n) is 4.45. The zero-order valence-electron chi connectivity index (χ0n) is 15.1. The molecule has 3 N–H and O–H groups in total. The van der Waals surface area contributed by atoms with Crippen LogP contribution in [0.3, 0.4) is 0 Å². The lowest BCUT2D eigenvalue weighted by molar-refractivity contribution is -0.147. The van der Waals surface area contributed by atoms with Crippen molar-refractivity contribution in [1.29, 1.82) is 0 Å². The predicted molar refractivity (Wildman–Crippen MR) is 96.6 cm³/mol. The van der Waals surface area contributed by atoms with Crippen molar-refractivity contribution >= 4 is 17.7 Å². The van der Waals surface area contributed by atoms with Crippen molar-refractivity contribution in [2.45, 2.75) is 11.7 Å². The number of esters is 1. The Bertz CT molecular complexity index is 987. The van der Waals surface area contributed by atoms with E-state index in [2.05, 4.69) is 10.1 Å². The molecule has 1 heterocycles. The van der Waals surface area contributed by atoms with Gasteiger partial charge in [0.2, 0.25) is 11.4 Å². The summed E-state index contributed by atoms with van der Waals surface area (Å²) in [6, 6.07) is 10.5. The smallest absolute Gasteiger partial charge is 0.416 e. The van der Waals surface area contributed by atoms with Crippen LogP contribution in [-0.4, -0.2) is 36.6 Å². The number of alkyl halides is 3. The SMILES string of the molecule is COC(=O)C1(c2ccccc2C(N)=NO)COC(c2ccc(C(F)(F)F)cc2)=N1. The quantitative estimate of drug-likeness (QED) is 0.266. The molecule has 2 aromatic rings. The normalized spacial score (nSPS) is 19.4. The van der Waals surface area contributed by atoms with E-state index in [1.165, 1.54) is 25.3 Å². The molecule has 0 amide bonds. The summed E-state index contributed by atoms with van der Waals surface area (Å²) in [5.74, 6) is -1.04. The summed E-state index contributed by atoms with van der Waals surface area (Å²) in [6.07, 6.45) is -4.48. The predicted octanol–water partition coefficient (Wildman–Crippen LogP) is 2.65. The molecule has 0 aliphatic carbocycles. The van der Waals surface area contributed by atoms with Gasteiger partial charge in [-0.2, -0.15) is 13.2 Å². The highest BCUT2D eigenvalue weighted by molar-refractivity contribution is 6.03. The minimum atomic E-state index is -4.48. The monoisotopic (exact) mass is 407 g/mol. The maximum absolute atomic E-state index is 12.8. The van der Waals surface area contributed by atoms with Gasteiger partial charge in [0.15, 0.2) is 5.84 Å². The number of oxime groups is 1. The highest BCUT2D eigenvalue weighted by Crippen LogP contribution is 2.36. The molecule has 0 fully saturated rings. The molecule has 29 heavy (non-hydrogen) atoms. The molecule has 0 spiro atoms. The Morgan fingerprint density at radius 3 is 2.48 bits per heavy atom. The molecule has 3 rings (SSSR count). The van der Waals surface area contributed by atoms with Gasteiger partial charge >= 0.3 is 12.1 Å². The molecule has 1 aliphatic rings. The highest BCUT2D eigenvalue weighted by atomic mass is 19.4. The van der Waals surface area contributed by atoms with Crippen molar-refractivity contribution in [2.24, 2.45) is 15.9 Å². The summed E-state index contributed by atoms with van der Waals surface area (Å²) < 4.78 is 48.8. The summed E-state index contributed by atoms with van der Waals surface area (Å²) in [5.41, 5.74) is 3.99. The molecule has 1 unspecified atom stereocenters. The van der Waals surface area contributed by atoms with Gasteiger partial charge in [-0.25, -0.2) is 9.79 Å². The van der Waals surface area contributed by atoms with Crippen molar-refractivity contribution in [3.05, 3.63) is 70.8 Å². The van der Waals surface area contributed by atoms with Gasteiger partial charge in [-0.3, -0.25) is 0 Å². The molecule has 0 saturated heterocycles. The van der Waals surface area contributed by atoms with Crippen LogP contribution >= 0.6 is 0 Å². The first-order valence-corrected chi connectivity index (χ1v) is 8.29. The third-order valence-corrected chi connectivity index (χ3v) is 4.45. The average molecular weight is 407 g/mol. The molecule has 0 bridgehead atoms. The van der Waals surface area contributed by atoms with Gasteiger partial charge in [-0.1, -0.05) is 29.4 Å². The Hall–Kier alpha value is -3.56. The topological polar surface area (TPSA) is 107 Å². The van der Waals surface area contributed by atoms with Gasteiger partial charge in [0.05, 0.1) is 12.7 Å². The van der Waals surface area contributed by atoms with Crippen molar-refractivity contribution in [3.8, 4) is 0 Å². The fourth-order valence-electron chi connectivity index (χ4n) is 3.00. The molecule has 7 nitrogen and oxygen atoms in total. The van der Waals surface area contributed by atoms with E-state index in [4.69, 9.17) is 20.4 Å².